The molecule has 73 valence electrons. The zero-order chi connectivity index (χ0) is 9.80. The second-order valence-corrected chi connectivity index (χ2v) is 6.89. The topological polar surface area (TPSA) is 9.23 Å². The molecule has 0 radical (unpaired) electrons. The Kier molecular flexibility index (Phi) is 3.57. The van der Waals surface area contributed by atoms with E-state index in [0.717, 1.165) is 19.4 Å². The quantitative estimate of drug-likeness (QED) is 0.664. The van der Waals surface area contributed by atoms with E-state index in [-0.39, 0.29) is 0 Å². The molecule has 0 bridgehead atoms. The maximum absolute atomic E-state index is 5.96. The minimum atomic E-state index is -1.53. The third-order valence-corrected chi connectivity index (χ3v) is 6.30. The van der Waals surface area contributed by atoms with Gasteiger partial charge in [0.05, 0.1) is 0 Å². The van der Waals surface area contributed by atoms with Gasteiger partial charge < -0.3 is 0 Å². The molecule has 0 aromatic carbocycles. The maximum atomic E-state index is 5.96. The van der Waals surface area contributed by atoms with Gasteiger partial charge >= 0.3 is 92.2 Å². The summed E-state index contributed by atoms with van der Waals surface area (Å²) in [5, 5.41) is 0. The van der Waals surface area contributed by atoms with Gasteiger partial charge in [0.15, 0.2) is 0 Å². The third-order valence-electron chi connectivity index (χ3n) is 2.41. The molecule has 0 amide bonds. The van der Waals surface area contributed by atoms with Gasteiger partial charge in [-0.15, -0.1) is 0 Å². The van der Waals surface area contributed by atoms with E-state index in [1.54, 1.807) is 7.76 Å². The van der Waals surface area contributed by atoms with E-state index in [9.17, 15) is 0 Å². The SMILES string of the molecule is CC[O][Ti]([C]1=CC=CC1)[C]1=CC=CC1. The summed E-state index contributed by atoms with van der Waals surface area (Å²) < 4.78 is 9.07. The molecule has 0 heterocycles. The molecule has 2 aliphatic carbocycles. The molecule has 14 heavy (non-hydrogen) atoms. The summed E-state index contributed by atoms with van der Waals surface area (Å²) in [6.07, 6.45) is 15.5. The summed E-state index contributed by atoms with van der Waals surface area (Å²) in [6, 6.07) is 0. The molecule has 0 atom stereocenters. The van der Waals surface area contributed by atoms with Gasteiger partial charge in [-0.1, -0.05) is 0 Å². The van der Waals surface area contributed by atoms with Gasteiger partial charge in [0.2, 0.25) is 0 Å². The van der Waals surface area contributed by atoms with E-state index in [2.05, 4.69) is 43.4 Å². The Morgan fingerprint density at radius 1 is 1.14 bits per heavy atom. The zero-order valence-electron chi connectivity index (χ0n) is 8.49. The number of hydrogen-bond acceptors (Lipinski definition) is 1. The summed E-state index contributed by atoms with van der Waals surface area (Å²) >= 11 is -1.53. The molecule has 0 unspecified atom stereocenters. The van der Waals surface area contributed by atoms with Crippen LogP contribution in [0, 0.1) is 0 Å². The second kappa shape index (κ2) is 4.92. The third kappa shape index (κ3) is 2.17. The van der Waals surface area contributed by atoms with Crippen LogP contribution in [-0.2, 0) is 21.6 Å². The van der Waals surface area contributed by atoms with E-state index in [0.29, 0.717) is 0 Å². The van der Waals surface area contributed by atoms with Crippen LogP contribution in [0.1, 0.15) is 19.8 Å². The van der Waals surface area contributed by atoms with Crippen LogP contribution in [-0.4, -0.2) is 6.61 Å². The average Bonchev–Trinajstić information content (AvgIpc) is 2.87. The zero-order valence-corrected chi connectivity index (χ0v) is 10.1. The fourth-order valence-corrected chi connectivity index (χ4v) is 5.16. The van der Waals surface area contributed by atoms with Gasteiger partial charge in [-0.25, -0.2) is 0 Å². The molecule has 2 aliphatic rings. The summed E-state index contributed by atoms with van der Waals surface area (Å²) in [5.74, 6) is 0. The Morgan fingerprint density at radius 2 is 1.71 bits per heavy atom. The van der Waals surface area contributed by atoms with Crippen molar-refractivity contribution in [1.29, 1.82) is 0 Å². The van der Waals surface area contributed by atoms with Crippen molar-refractivity contribution >= 4 is 0 Å². The fourth-order valence-electron chi connectivity index (χ4n) is 1.77. The second-order valence-electron chi connectivity index (χ2n) is 3.41. The van der Waals surface area contributed by atoms with Crippen LogP contribution in [0.2, 0.25) is 0 Å². The van der Waals surface area contributed by atoms with E-state index >= 15 is 0 Å². The molecule has 0 aliphatic heterocycles. The van der Waals surface area contributed by atoms with Crippen LogP contribution >= 0.6 is 0 Å². The molecule has 0 fully saturated rings. The molecule has 0 saturated carbocycles. The molecule has 0 N–H and O–H groups in total. The molecular formula is C12H15OTi. The van der Waals surface area contributed by atoms with Crippen LogP contribution in [0.4, 0.5) is 0 Å². The number of allylic oxidation sites excluding steroid dienone is 8. The first-order valence-corrected chi connectivity index (χ1v) is 7.33. The van der Waals surface area contributed by atoms with Crippen LogP contribution in [0.15, 0.2) is 44.2 Å². The number of hydrogen-bond donors (Lipinski definition) is 0. The van der Waals surface area contributed by atoms with Gasteiger partial charge in [0, 0.05) is 0 Å². The van der Waals surface area contributed by atoms with Crippen molar-refractivity contribution < 1.29 is 21.6 Å². The molecule has 0 saturated heterocycles. The van der Waals surface area contributed by atoms with Crippen LogP contribution in [0.3, 0.4) is 0 Å². The molecule has 1 nitrogen and oxygen atoms in total. The Hall–Kier alpha value is -0.366. The van der Waals surface area contributed by atoms with Gasteiger partial charge in [-0.3, -0.25) is 0 Å². The summed E-state index contributed by atoms with van der Waals surface area (Å²) in [7, 11) is 0. The first-order chi connectivity index (χ1) is 6.92. The molecule has 0 spiro atoms. The van der Waals surface area contributed by atoms with Crippen molar-refractivity contribution in [2.75, 3.05) is 6.61 Å². The number of rotatable bonds is 4. The molecule has 0 aromatic rings. The normalized spacial score (nSPS) is 18.6. The summed E-state index contributed by atoms with van der Waals surface area (Å²) in [5.41, 5.74) is 0. The van der Waals surface area contributed by atoms with E-state index < -0.39 is 18.3 Å². The van der Waals surface area contributed by atoms with Gasteiger partial charge in [-0.2, -0.15) is 0 Å². The molecule has 0 aromatic heterocycles. The summed E-state index contributed by atoms with van der Waals surface area (Å²) in [4.78, 5) is 0. The van der Waals surface area contributed by atoms with Crippen molar-refractivity contribution in [3.8, 4) is 0 Å². The van der Waals surface area contributed by atoms with Gasteiger partial charge in [0.1, 0.15) is 0 Å². The van der Waals surface area contributed by atoms with E-state index in [4.69, 9.17) is 3.32 Å². The first-order valence-electron chi connectivity index (χ1n) is 5.13. The Morgan fingerprint density at radius 3 is 2.07 bits per heavy atom. The fraction of sp³-hybridized carbons (Fsp3) is 0.333. The van der Waals surface area contributed by atoms with Crippen molar-refractivity contribution in [3.63, 3.8) is 0 Å². The average molecular weight is 223 g/mol. The van der Waals surface area contributed by atoms with Crippen LogP contribution < -0.4 is 0 Å². The van der Waals surface area contributed by atoms with Crippen molar-refractivity contribution in [2.45, 2.75) is 19.8 Å². The van der Waals surface area contributed by atoms with Gasteiger partial charge in [0.25, 0.3) is 0 Å². The van der Waals surface area contributed by atoms with Crippen molar-refractivity contribution in [3.05, 3.63) is 44.2 Å². The molecule has 2 heteroatoms. The van der Waals surface area contributed by atoms with Crippen molar-refractivity contribution in [2.24, 2.45) is 0 Å². The first kappa shape index (κ1) is 10.2. The standard InChI is InChI=1S/2C5H5.C2H5O.Ti/c2*1-2-4-5-3-1;1-2-3;/h2*1-3H,4H2;2H2,1H3;/q;;-1;+1. The van der Waals surface area contributed by atoms with Gasteiger partial charge in [-0.05, 0) is 0 Å². The predicted molar refractivity (Wildman–Crippen MR) is 55.3 cm³/mol. The molecular weight excluding hydrogens is 208 g/mol. The van der Waals surface area contributed by atoms with Crippen molar-refractivity contribution in [1.82, 2.24) is 0 Å². The van der Waals surface area contributed by atoms with E-state index in [1.165, 1.54) is 0 Å². The Labute approximate surface area is 92.2 Å². The monoisotopic (exact) mass is 223 g/mol. The molecule has 2 rings (SSSR count). The summed E-state index contributed by atoms with van der Waals surface area (Å²) in [6.45, 7) is 2.95. The Bertz CT molecular complexity index is 293. The minimum absolute atomic E-state index is 0.851. The van der Waals surface area contributed by atoms with E-state index in [1.807, 2.05) is 0 Å². The predicted octanol–water partition coefficient (Wildman–Crippen LogP) is 3.24. The Balaban J connectivity index is 2.07. The van der Waals surface area contributed by atoms with Crippen LogP contribution in [0.25, 0.3) is 0 Å². The van der Waals surface area contributed by atoms with Crippen LogP contribution in [0.5, 0.6) is 0 Å².